The normalized spacial score (nSPS) is 12.4. The number of amides is 1. The summed E-state index contributed by atoms with van der Waals surface area (Å²) in [5, 5.41) is 1.62. The van der Waals surface area contributed by atoms with E-state index in [0.29, 0.717) is 5.69 Å². The second-order valence-corrected chi connectivity index (χ2v) is 4.61. The zero-order valence-corrected chi connectivity index (χ0v) is 11.4. The molecular weight excluding hydrogens is 240 g/mol. The van der Waals surface area contributed by atoms with Crippen molar-refractivity contribution in [3.05, 3.63) is 54.1 Å². The lowest BCUT2D eigenvalue weighted by Crippen LogP contribution is -2.37. The summed E-state index contributed by atoms with van der Waals surface area (Å²) in [6.07, 6.45) is 3.26. The van der Waals surface area contributed by atoms with E-state index in [1.807, 2.05) is 41.8 Å². The minimum atomic E-state index is -0.162. The number of imidazole rings is 1. The van der Waals surface area contributed by atoms with Gasteiger partial charge in [-0.1, -0.05) is 30.3 Å². The Morgan fingerprint density at radius 2 is 2.00 bits per heavy atom. The van der Waals surface area contributed by atoms with Gasteiger partial charge >= 0.3 is 0 Å². The molecule has 0 radical (unpaired) electrons. The Hall–Kier alpha value is -2.14. The number of hydrogen-bond donors (Lipinski definition) is 1. The van der Waals surface area contributed by atoms with E-state index in [0.717, 1.165) is 5.56 Å². The summed E-state index contributed by atoms with van der Waals surface area (Å²) in [5.41, 5.74) is 4.41. The van der Waals surface area contributed by atoms with E-state index < -0.39 is 0 Å². The quantitative estimate of drug-likeness (QED) is 0.849. The molecule has 2 aromatic rings. The number of hydrazine groups is 1. The topological polar surface area (TPSA) is 50.2 Å². The molecule has 19 heavy (non-hydrogen) atoms. The number of aromatic nitrogens is 2. The number of nitrogens with one attached hydrogen (secondary N) is 1. The number of rotatable bonds is 4. The Morgan fingerprint density at radius 3 is 2.63 bits per heavy atom. The Bertz CT molecular complexity index is 548. The van der Waals surface area contributed by atoms with Crippen molar-refractivity contribution in [2.24, 2.45) is 0 Å². The summed E-state index contributed by atoms with van der Waals surface area (Å²) in [6.45, 7) is 2.05. The number of nitrogens with zero attached hydrogens (tertiary/aromatic N) is 3. The van der Waals surface area contributed by atoms with Crippen molar-refractivity contribution < 1.29 is 4.79 Å². The van der Waals surface area contributed by atoms with Gasteiger partial charge in [0, 0.05) is 14.1 Å². The summed E-state index contributed by atoms with van der Waals surface area (Å²) >= 11 is 0. The molecule has 5 heteroatoms. The molecule has 0 saturated heterocycles. The molecule has 1 aromatic carbocycles. The van der Waals surface area contributed by atoms with Crippen LogP contribution in [0.15, 0.2) is 42.9 Å². The first-order chi connectivity index (χ1) is 9.09. The lowest BCUT2D eigenvalue weighted by molar-refractivity contribution is 0.0846. The Kier molecular flexibility index (Phi) is 3.97. The van der Waals surface area contributed by atoms with Gasteiger partial charge in [0.15, 0.2) is 0 Å². The van der Waals surface area contributed by atoms with Crippen LogP contribution in [-0.2, 0) is 0 Å². The monoisotopic (exact) mass is 258 g/mol. The highest BCUT2D eigenvalue weighted by Crippen LogP contribution is 2.19. The fourth-order valence-electron chi connectivity index (χ4n) is 1.94. The van der Waals surface area contributed by atoms with Crippen LogP contribution in [-0.4, -0.2) is 34.6 Å². The zero-order chi connectivity index (χ0) is 13.8. The largest absolute Gasteiger partial charge is 0.319 e. The molecule has 1 atom stereocenters. The molecule has 1 N–H and O–H groups in total. The molecule has 100 valence electrons. The minimum absolute atomic E-state index is 0.0617. The summed E-state index contributed by atoms with van der Waals surface area (Å²) in [4.78, 5) is 16.1. The van der Waals surface area contributed by atoms with Crippen molar-refractivity contribution in [1.82, 2.24) is 20.0 Å². The van der Waals surface area contributed by atoms with E-state index in [1.54, 1.807) is 31.6 Å². The van der Waals surface area contributed by atoms with Gasteiger partial charge in [0.2, 0.25) is 0 Å². The second-order valence-electron chi connectivity index (χ2n) is 4.61. The number of benzene rings is 1. The van der Waals surface area contributed by atoms with Crippen LogP contribution in [0.3, 0.4) is 0 Å². The molecule has 1 heterocycles. The minimum Gasteiger partial charge on any atom is -0.319 e. The SMILES string of the molecule is CC(c1ccccc1)n1cncc1C(=O)NN(C)C. The fraction of sp³-hybridized carbons (Fsp3) is 0.286. The molecule has 1 aromatic heterocycles. The Labute approximate surface area is 112 Å². The van der Waals surface area contributed by atoms with Crippen molar-refractivity contribution in [2.45, 2.75) is 13.0 Å². The molecule has 0 bridgehead atoms. The highest BCUT2D eigenvalue weighted by Gasteiger charge is 2.17. The standard InChI is InChI=1S/C14H18N4O/c1-11(12-7-5-4-6-8-12)18-10-15-9-13(18)14(19)16-17(2)3/h4-11H,1-3H3,(H,16,19). The third kappa shape index (κ3) is 3.00. The first-order valence-corrected chi connectivity index (χ1v) is 6.14. The number of carbonyl (C=O) groups is 1. The molecule has 0 fully saturated rings. The second kappa shape index (κ2) is 5.67. The van der Waals surface area contributed by atoms with Gasteiger partial charge in [0.25, 0.3) is 5.91 Å². The van der Waals surface area contributed by atoms with E-state index in [9.17, 15) is 4.79 Å². The van der Waals surface area contributed by atoms with Gasteiger partial charge in [-0.05, 0) is 12.5 Å². The van der Waals surface area contributed by atoms with E-state index in [2.05, 4.69) is 10.4 Å². The lowest BCUT2D eigenvalue weighted by atomic mass is 10.1. The first kappa shape index (κ1) is 13.3. The van der Waals surface area contributed by atoms with Crippen LogP contribution in [0.5, 0.6) is 0 Å². The molecule has 0 saturated carbocycles. The van der Waals surface area contributed by atoms with E-state index in [1.165, 1.54) is 0 Å². The molecule has 0 spiro atoms. The number of hydrogen-bond acceptors (Lipinski definition) is 3. The van der Waals surface area contributed by atoms with Crippen LogP contribution < -0.4 is 5.43 Å². The van der Waals surface area contributed by atoms with Crippen molar-refractivity contribution in [3.8, 4) is 0 Å². The summed E-state index contributed by atoms with van der Waals surface area (Å²) in [7, 11) is 3.55. The first-order valence-electron chi connectivity index (χ1n) is 6.14. The molecule has 2 rings (SSSR count). The maximum Gasteiger partial charge on any atom is 0.283 e. The highest BCUT2D eigenvalue weighted by atomic mass is 16.2. The molecule has 0 aliphatic rings. The van der Waals surface area contributed by atoms with E-state index >= 15 is 0 Å². The molecule has 1 unspecified atom stereocenters. The lowest BCUT2D eigenvalue weighted by Gasteiger charge is -2.18. The average molecular weight is 258 g/mol. The van der Waals surface area contributed by atoms with Crippen LogP contribution in [0, 0.1) is 0 Å². The van der Waals surface area contributed by atoms with Gasteiger partial charge in [-0.25, -0.2) is 9.99 Å². The zero-order valence-electron chi connectivity index (χ0n) is 11.4. The summed E-state index contributed by atoms with van der Waals surface area (Å²) < 4.78 is 1.87. The van der Waals surface area contributed by atoms with E-state index in [4.69, 9.17) is 0 Å². The van der Waals surface area contributed by atoms with Crippen molar-refractivity contribution >= 4 is 5.91 Å². The van der Waals surface area contributed by atoms with Crippen molar-refractivity contribution in [3.63, 3.8) is 0 Å². The average Bonchev–Trinajstić information content (AvgIpc) is 2.87. The van der Waals surface area contributed by atoms with E-state index in [-0.39, 0.29) is 11.9 Å². The van der Waals surface area contributed by atoms with Crippen LogP contribution in [0.4, 0.5) is 0 Å². The van der Waals surface area contributed by atoms with Crippen LogP contribution in [0.2, 0.25) is 0 Å². The van der Waals surface area contributed by atoms with Gasteiger partial charge < -0.3 is 4.57 Å². The predicted octanol–water partition coefficient (Wildman–Crippen LogP) is 1.70. The summed E-state index contributed by atoms with van der Waals surface area (Å²) in [5.74, 6) is -0.162. The van der Waals surface area contributed by atoms with Crippen LogP contribution in [0.1, 0.15) is 29.0 Å². The van der Waals surface area contributed by atoms with Crippen molar-refractivity contribution in [1.29, 1.82) is 0 Å². The molecule has 1 amide bonds. The van der Waals surface area contributed by atoms with Gasteiger partial charge in [-0.2, -0.15) is 0 Å². The van der Waals surface area contributed by atoms with Gasteiger partial charge in [0.05, 0.1) is 18.6 Å². The maximum atomic E-state index is 12.1. The highest BCUT2D eigenvalue weighted by molar-refractivity contribution is 5.92. The van der Waals surface area contributed by atoms with Crippen molar-refractivity contribution in [2.75, 3.05) is 14.1 Å². The van der Waals surface area contributed by atoms with Gasteiger partial charge in [-0.3, -0.25) is 10.2 Å². The smallest absolute Gasteiger partial charge is 0.283 e. The molecular formula is C14H18N4O. The molecule has 0 aliphatic carbocycles. The third-order valence-electron chi connectivity index (χ3n) is 2.92. The Morgan fingerprint density at radius 1 is 1.32 bits per heavy atom. The predicted molar refractivity (Wildman–Crippen MR) is 73.6 cm³/mol. The maximum absolute atomic E-state index is 12.1. The third-order valence-corrected chi connectivity index (χ3v) is 2.92. The molecule has 0 aliphatic heterocycles. The number of carbonyl (C=O) groups excluding carboxylic acids is 1. The fourth-order valence-corrected chi connectivity index (χ4v) is 1.94. The van der Waals surface area contributed by atoms with Crippen LogP contribution >= 0.6 is 0 Å². The molecule has 5 nitrogen and oxygen atoms in total. The van der Waals surface area contributed by atoms with Gasteiger partial charge in [0.1, 0.15) is 5.69 Å². The van der Waals surface area contributed by atoms with Crippen LogP contribution in [0.25, 0.3) is 0 Å². The van der Waals surface area contributed by atoms with Gasteiger partial charge in [-0.15, -0.1) is 0 Å². The Balaban J connectivity index is 2.27. The summed E-state index contributed by atoms with van der Waals surface area (Å²) in [6, 6.07) is 10.1.